The molecule has 1 amide bonds. The third-order valence-corrected chi connectivity index (χ3v) is 6.23. The van der Waals surface area contributed by atoms with Gasteiger partial charge in [-0.15, -0.1) is 0 Å². The lowest BCUT2D eigenvalue weighted by atomic mass is 9.93. The van der Waals surface area contributed by atoms with Gasteiger partial charge in [0.15, 0.2) is 0 Å². The minimum absolute atomic E-state index is 0.169. The molecular formula is C24H34N6O2. The van der Waals surface area contributed by atoms with Crippen molar-refractivity contribution in [3.63, 3.8) is 0 Å². The van der Waals surface area contributed by atoms with Gasteiger partial charge in [0.25, 0.3) is 0 Å². The molecule has 1 atom stereocenters. The molecule has 1 aliphatic heterocycles. The predicted octanol–water partition coefficient (Wildman–Crippen LogP) is 3.56. The van der Waals surface area contributed by atoms with Crippen LogP contribution in [0.5, 0.6) is 0 Å². The van der Waals surface area contributed by atoms with Crippen LogP contribution >= 0.6 is 0 Å². The van der Waals surface area contributed by atoms with E-state index < -0.39 is 0 Å². The zero-order chi connectivity index (χ0) is 22.3. The Labute approximate surface area is 190 Å². The first-order chi connectivity index (χ1) is 15.6. The molecule has 1 N–H and O–H groups in total. The molecule has 32 heavy (non-hydrogen) atoms. The molecule has 3 heterocycles. The van der Waals surface area contributed by atoms with Crippen LogP contribution in [0, 0.1) is 0 Å². The number of anilines is 2. The summed E-state index contributed by atoms with van der Waals surface area (Å²) >= 11 is 0. The second-order valence-corrected chi connectivity index (χ2v) is 8.93. The topological polar surface area (TPSA) is 83.5 Å². The maximum atomic E-state index is 13.3. The number of carbonyl (C=O) groups is 1. The molecule has 2 aromatic rings. The number of hydrogen-bond acceptors (Lipinski definition) is 7. The van der Waals surface area contributed by atoms with Crippen LogP contribution in [0.4, 0.5) is 11.8 Å². The van der Waals surface area contributed by atoms with Gasteiger partial charge in [-0.2, -0.15) is 0 Å². The second-order valence-electron chi connectivity index (χ2n) is 8.93. The molecule has 2 fully saturated rings. The molecular weight excluding hydrogens is 404 g/mol. The van der Waals surface area contributed by atoms with Crippen LogP contribution in [0.1, 0.15) is 57.7 Å². The van der Waals surface area contributed by atoms with E-state index in [1.54, 1.807) is 18.5 Å². The van der Waals surface area contributed by atoms with Gasteiger partial charge in [-0.25, -0.2) is 15.0 Å². The number of amides is 1. The Bertz CT molecular complexity index is 872. The minimum atomic E-state index is -0.169. The Morgan fingerprint density at radius 1 is 1.19 bits per heavy atom. The molecule has 0 radical (unpaired) electrons. The van der Waals surface area contributed by atoms with Crippen molar-refractivity contribution >= 4 is 17.7 Å². The highest BCUT2D eigenvalue weighted by Gasteiger charge is 2.31. The summed E-state index contributed by atoms with van der Waals surface area (Å²) in [5, 5.41) is 3.13. The van der Waals surface area contributed by atoms with Gasteiger partial charge in [0, 0.05) is 37.6 Å². The largest absolute Gasteiger partial charge is 0.369 e. The highest BCUT2D eigenvalue weighted by atomic mass is 16.5. The van der Waals surface area contributed by atoms with Crippen molar-refractivity contribution in [1.29, 1.82) is 0 Å². The number of nitrogens with one attached hydrogen (secondary N) is 1. The second kappa shape index (κ2) is 10.8. The quantitative estimate of drug-likeness (QED) is 0.708. The number of pyridine rings is 1. The molecule has 8 nitrogen and oxygen atoms in total. The fraction of sp³-hybridized carbons (Fsp3) is 0.583. The highest BCUT2D eigenvalue weighted by Crippen LogP contribution is 2.26. The fourth-order valence-corrected chi connectivity index (χ4v) is 4.75. The Morgan fingerprint density at radius 2 is 1.97 bits per heavy atom. The molecule has 2 aliphatic rings. The molecule has 172 valence electrons. The summed E-state index contributed by atoms with van der Waals surface area (Å²) in [6.45, 7) is 6.70. The van der Waals surface area contributed by atoms with E-state index in [0.29, 0.717) is 37.5 Å². The van der Waals surface area contributed by atoms with E-state index in [0.717, 1.165) is 25.1 Å². The van der Waals surface area contributed by atoms with Gasteiger partial charge in [-0.3, -0.25) is 9.69 Å². The van der Waals surface area contributed by atoms with Crippen LogP contribution in [-0.2, 0) is 9.53 Å². The normalized spacial score (nSPS) is 20.3. The molecule has 0 spiro atoms. The van der Waals surface area contributed by atoms with Crippen molar-refractivity contribution in [3.8, 4) is 0 Å². The van der Waals surface area contributed by atoms with E-state index in [1.807, 2.05) is 18.2 Å². The number of rotatable bonds is 7. The summed E-state index contributed by atoms with van der Waals surface area (Å²) < 4.78 is 6.02. The smallest absolute Gasteiger partial charge is 0.237 e. The molecule has 0 aromatic carbocycles. The first-order valence-corrected chi connectivity index (χ1v) is 11.8. The van der Waals surface area contributed by atoms with Gasteiger partial charge in [-0.05, 0) is 44.9 Å². The number of ether oxygens (including phenoxy) is 1. The van der Waals surface area contributed by atoms with Gasteiger partial charge in [-0.1, -0.05) is 25.3 Å². The lowest BCUT2D eigenvalue weighted by molar-refractivity contribution is -0.139. The van der Waals surface area contributed by atoms with E-state index in [-0.39, 0.29) is 18.1 Å². The van der Waals surface area contributed by atoms with Gasteiger partial charge in [0.05, 0.1) is 18.8 Å². The van der Waals surface area contributed by atoms with Gasteiger partial charge >= 0.3 is 0 Å². The Balaban J connectivity index is 1.38. The number of hydrogen-bond donors (Lipinski definition) is 1. The summed E-state index contributed by atoms with van der Waals surface area (Å²) in [4.78, 5) is 30.7. The van der Waals surface area contributed by atoms with Crippen molar-refractivity contribution in [2.24, 2.45) is 0 Å². The Morgan fingerprint density at radius 3 is 2.72 bits per heavy atom. The average Bonchev–Trinajstić information content (AvgIpc) is 2.81. The van der Waals surface area contributed by atoms with Crippen molar-refractivity contribution < 1.29 is 9.53 Å². The molecule has 1 aliphatic carbocycles. The maximum Gasteiger partial charge on any atom is 0.237 e. The van der Waals surface area contributed by atoms with E-state index in [4.69, 9.17) is 9.72 Å². The molecule has 1 saturated carbocycles. The Hall–Kier alpha value is -2.58. The highest BCUT2D eigenvalue weighted by molar-refractivity contribution is 5.79. The van der Waals surface area contributed by atoms with E-state index in [9.17, 15) is 4.79 Å². The zero-order valence-electron chi connectivity index (χ0n) is 19.1. The van der Waals surface area contributed by atoms with Crippen LogP contribution in [-0.4, -0.2) is 69.0 Å². The van der Waals surface area contributed by atoms with E-state index in [2.05, 4.69) is 38.9 Å². The van der Waals surface area contributed by atoms with Gasteiger partial charge < -0.3 is 15.0 Å². The minimum Gasteiger partial charge on any atom is -0.369 e. The zero-order valence-corrected chi connectivity index (χ0v) is 19.1. The van der Waals surface area contributed by atoms with Crippen molar-refractivity contribution in [3.05, 3.63) is 42.4 Å². The van der Waals surface area contributed by atoms with Crippen LogP contribution in [0.25, 0.3) is 0 Å². The number of aromatic nitrogens is 3. The third kappa shape index (κ3) is 5.81. The number of carbonyl (C=O) groups excluding carboxylic acids is 1. The molecule has 0 unspecified atom stereocenters. The van der Waals surface area contributed by atoms with Crippen molar-refractivity contribution in [2.75, 3.05) is 31.6 Å². The SMILES string of the molecule is CC(C)N(C(=O)CN1CCO[C@H](c2cccc(Nc3ncccn3)n2)C1)C1CCCCC1. The maximum absolute atomic E-state index is 13.3. The van der Waals surface area contributed by atoms with Crippen LogP contribution in [0.15, 0.2) is 36.7 Å². The molecule has 2 aromatic heterocycles. The summed E-state index contributed by atoms with van der Waals surface area (Å²) in [7, 11) is 0. The summed E-state index contributed by atoms with van der Waals surface area (Å²) in [6.07, 6.45) is 9.21. The lowest BCUT2D eigenvalue weighted by Gasteiger charge is -2.39. The number of morpholine rings is 1. The average molecular weight is 439 g/mol. The monoisotopic (exact) mass is 438 g/mol. The van der Waals surface area contributed by atoms with Crippen LogP contribution in [0.2, 0.25) is 0 Å². The molecule has 0 bridgehead atoms. The Kier molecular flexibility index (Phi) is 7.65. The summed E-state index contributed by atoms with van der Waals surface area (Å²) in [5.74, 6) is 1.41. The van der Waals surface area contributed by atoms with Crippen molar-refractivity contribution in [2.45, 2.75) is 64.1 Å². The first-order valence-electron chi connectivity index (χ1n) is 11.8. The van der Waals surface area contributed by atoms with Crippen LogP contribution < -0.4 is 5.32 Å². The standard InChI is InChI=1S/C24H34N6O2/c1-18(2)30(19-8-4-3-5-9-19)23(31)17-29-14-15-32-21(16-29)20-10-6-11-22(27-20)28-24-25-12-7-13-26-24/h6-7,10-13,18-19,21H,3-5,8-9,14-17H2,1-2H3,(H,25,26,27,28)/t21-/m0/s1. The van der Waals surface area contributed by atoms with E-state index >= 15 is 0 Å². The molecule has 1 saturated heterocycles. The van der Waals surface area contributed by atoms with E-state index in [1.165, 1.54) is 19.3 Å². The predicted molar refractivity (Wildman–Crippen MR) is 124 cm³/mol. The van der Waals surface area contributed by atoms with Crippen LogP contribution in [0.3, 0.4) is 0 Å². The van der Waals surface area contributed by atoms with Crippen molar-refractivity contribution in [1.82, 2.24) is 24.8 Å². The first kappa shape index (κ1) is 22.6. The summed E-state index contributed by atoms with van der Waals surface area (Å²) in [6, 6.07) is 8.19. The van der Waals surface area contributed by atoms with Gasteiger partial charge in [0.2, 0.25) is 11.9 Å². The van der Waals surface area contributed by atoms with Gasteiger partial charge in [0.1, 0.15) is 11.9 Å². The summed E-state index contributed by atoms with van der Waals surface area (Å²) in [5.41, 5.74) is 0.844. The molecule has 8 heteroatoms. The lowest BCUT2D eigenvalue weighted by Crippen LogP contribution is -2.51. The number of nitrogens with zero attached hydrogens (tertiary/aromatic N) is 5. The molecule has 4 rings (SSSR count). The fourth-order valence-electron chi connectivity index (χ4n) is 4.75. The third-order valence-electron chi connectivity index (χ3n) is 6.23.